The van der Waals surface area contributed by atoms with Crippen LogP contribution in [0.25, 0.3) is 11.0 Å². The highest BCUT2D eigenvalue weighted by Crippen LogP contribution is 2.24. The fourth-order valence-corrected chi connectivity index (χ4v) is 3.55. The number of carbonyl (C=O) groups is 1. The lowest BCUT2D eigenvalue weighted by molar-refractivity contribution is 0.0781. The number of nitrogens with zero attached hydrogens (tertiary/aromatic N) is 4. The molecule has 5 heteroatoms. The molecule has 0 aliphatic carbocycles. The Morgan fingerprint density at radius 1 is 1.30 bits per heavy atom. The molecule has 0 unspecified atom stereocenters. The first kappa shape index (κ1) is 16.0. The van der Waals surface area contributed by atoms with Crippen molar-refractivity contribution in [2.45, 2.75) is 32.9 Å². The van der Waals surface area contributed by atoms with Crippen molar-refractivity contribution in [1.29, 1.82) is 0 Å². The molecule has 2 heterocycles. The number of aromatic nitrogens is 2. The van der Waals surface area contributed by atoms with Gasteiger partial charge in [-0.1, -0.05) is 6.92 Å². The fourth-order valence-electron chi connectivity index (χ4n) is 3.55. The van der Waals surface area contributed by atoms with Gasteiger partial charge in [-0.3, -0.25) is 4.79 Å². The maximum Gasteiger partial charge on any atom is 0.253 e. The average molecular weight is 314 g/mol. The molecule has 3 rings (SSSR count). The molecular formula is C18H26N4O. The number of amides is 1. The van der Waals surface area contributed by atoms with Crippen molar-refractivity contribution in [3.05, 3.63) is 30.1 Å². The van der Waals surface area contributed by atoms with Crippen LogP contribution >= 0.6 is 0 Å². The number of hydrogen-bond donors (Lipinski definition) is 0. The lowest BCUT2D eigenvalue weighted by Gasteiger charge is -2.22. The first-order valence-electron chi connectivity index (χ1n) is 8.30. The SMILES string of the molecule is CC(C)n1cnc2cc(C(=O)N3C[C@@H](C)[C@H](N(C)C)C3)ccc21. The molecule has 2 aromatic rings. The molecule has 0 N–H and O–H groups in total. The Balaban J connectivity index is 1.85. The summed E-state index contributed by atoms with van der Waals surface area (Å²) in [6.45, 7) is 8.09. The Kier molecular flexibility index (Phi) is 4.15. The van der Waals surface area contributed by atoms with Gasteiger partial charge in [-0.25, -0.2) is 4.98 Å². The van der Waals surface area contributed by atoms with E-state index < -0.39 is 0 Å². The third kappa shape index (κ3) is 2.85. The topological polar surface area (TPSA) is 41.4 Å². The van der Waals surface area contributed by atoms with Crippen LogP contribution in [0.15, 0.2) is 24.5 Å². The van der Waals surface area contributed by atoms with Gasteiger partial charge in [0, 0.05) is 30.7 Å². The van der Waals surface area contributed by atoms with Crippen LogP contribution in [0.4, 0.5) is 0 Å². The van der Waals surface area contributed by atoms with Gasteiger partial charge in [0.25, 0.3) is 5.91 Å². The van der Waals surface area contributed by atoms with Gasteiger partial charge in [-0.05, 0) is 52.1 Å². The lowest BCUT2D eigenvalue weighted by Crippen LogP contribution is -2.35. The maximum atomic E-state index is 12.8. The summed E-state index contributed by atoms with van der Waals surface area (Å²) in [5, 5.41) is 0. The third-order valence-electron chi connectivity index (χ3n) is 4.90. The van der Waals surface area contributed by atoms with E-state index in [9.17, 15) is 4.79 Å². The summed E-state index contributed by atoms with van der Waals surface area (Å²) >= 11 is 0. The second-order valence-corrected chi connectivity index (χ2v) is 7.17. The molecule has 1 aliphatic rings. The summed E-state index contributed by atoms with van der Waals surface area (Å²) in [6.07, 6.45) is 1.85. The molecule has 0 radical (unpaired) electrons. The van der Waals surface area contributed by atoms with E-state index in [1.807, 2.05) is 29.4 Å². The molecule has 1 saturated heterocycles. The zero-order valence-electron chi connectivity index (χ0n) is 14.7. The number of rotatable bonds is 3. The standard InChI is InChI=1S/C18H26N4O/c1-12(2)22-11-19-15-8-14(6-7-16(15)22)18(23)21-9-13(3)17(10-21)20(4)5/h6-8,11-13,17H,9-10H2,1-5H3/t13-,17-/m1/s1. The van der Waals surface area contributed by atoms with Gasteiger partial charge >= 0.3 is 0 Å². The number of hydrogen-bond acceptors (Lipinski definition) is 3. The normalized spacial score (nSPS) is 21.8. The minimum atomic E-state index is 0.113. The van der Waals surface area contributed by atoms with Crippen LogP contribution in [0.5, 0.6) is 0 Å². The van der Waals surface area contributed by atoms with Crippen LogP contribution in [-0.4, -0.2) is 58.5 Å². The molecule has 1 amide bonds. The quantitative estimate of drug-likeness (QED) is 0.874. The summed E-state index contributed by atoms with van der Waals surface area (Å²) in [4.78, 5) is 21.5. The molecule has 0 spiro atoms. The van der Waals surface area contributed by atoms with Crippen molar-refractivity contribution in [3.63, 3.8) is 0 Å². The molecule has 2 atom stereocenters. The van der Waals surface area contributed by atoms with E-state index in [2.05, 4.69) is 49.3 Å². The molecular weight excluding hydrogens is 288 g/mol. The highest BCUT2D eigenvalue weighted by Gasteiger charge is 2.34. The van der Waals surface area contributed by atoms with Crippen molar-refractivity contribution >= 4 is 16.9 Å². The predicted octanol–water partition coefficient (Wildman–Crippen LogP) is 2.64. The van der Waals surface area contributed by atoms with Gasteiger partial charge in [0.05, 0.1) is 17.4 Å². The lowest BCUT2D eigenvalue weighted by atomic mass is 10.1. The number of imidazole rings is 1. The monoisotopic (exact) mass is 314 g/mol. The number of carbonyl (C=O) groups excluding carboxylic acids is 1. The highest BCUT2D eigenvalue weighted by molar-refractivity contribution is 5.97. The van der Waals surface area contributed by atoms with E-state index in [-0.39, 0.29) is 5.91 Å². The summed E-state index contributed by atoms with van der Waals surface area (Å²) in [5.41, 5.74) is 2.71. The average Bonchev–Trinajstić information content (AvgIpc) is 3.09. The summed E-state index contributed by atoms with van der Waals surface area (Å²) < 4.78 is 2.13. The van der Waals surface area contributed by atoms with Gasteiger partial charge in [0.15, 0.2) is 0 Å². The predicted molar refractivity (Wildman–Crippen MR) is 92.7 cm³/mol. The Labute approximate surface area is 137 Å². The summed E-state index contributed by atoms with van der Waals surface area (Å²) in [6, 6.07) is 6.66. The molecule has 5 nitrogen and oxygen atoms in total. The zero-order chi connectivity index (χ0) is 16.7. The molecule has 1 aromatic carbocycles. The third-order valence-corrected chi connectivity index (χ3v) is 4.90. The van der Waals surface area contributed by atoms with E-state index in [0.29, 0.717) is 18.0 Å². The maximum absolute atomic E-state index is 12.8. The number of fused-ring (bicyclic) bond motifs is 1. The van der Waals surface area contributed by atoms with Gasteiger partial charge in [0.1, 0.15) is 0 Å². The molecule has 0 saturated carbocycles. The Hall–Kier alpha value is -1.88. The summed E-state index contributed by atoms with van der Waals surface area (Å²) in [7, 11) is 4.17. The van der Waals surface area contributed by atoms with Crippen molar-refractivity contribution in [3.8, 4) is 0 Å². The molecule has 23 heavy (non-hydrogen) atoms. The second-order valence-electron chi connectivity index (χ2n) is 7.17. The van der Waals surface area contributed by atoms with E-state index in [0.717, 1.165) is 29.7 Å². The van der Waals surface area contributed by atoms with E-state index in [1.165, 1.54) is 0 Å². The number of likely N-dealkylation sites (N-methyl/N-ethyl adjacent to an activating group) is 1. The van der Waals surface area contributed by atoms with Crippen LogP contribution < -0.4 is 0 Å². The minimum absolute atomic E-state index is 0.113. The Bertz CT molecular complexity index is 719. The first-order valence-corrected chi connectivity index (χ1v) is 8.30. The second kappa shape index (κ2) is 5.96. The van der Waals surface area contributed by atoms with Crippen LogP contribution in [0.1, 0.15) is 37.2 Å². The fraction of sp³-hybridized carbons (Fsp3) is 0.556. The van der Waals surface area contributed by atoms with Crippen molar-refractivity contribution in [2.75, 3.05) is 27.2 Å². The first-order chi connectivity index (χ1) is 10.9. The summed E-state index contributed by atoms with van der Waals surface area (Å²) in [5.74, 6) is 0.611. The van der Waals surface area contributed by atoms with Gasteiger partial charge in [0.2, 0.25) is 0 Å². The van der Waals surface area contributed by atoms with Crippen LogP contribution in [0, 0.1) is 5.92 Å². The van der Waals surface area contributed by atoms with Crippen LogP contribution in [0.2, 0.25) is 0 Å². The van der Waals surface area contributed by atoms with Crippen LogP contribution in [-0.2, 0) is 0 Å². The van der Waals surface area contributed by atoms with Crippen molar-refractivity contribution in [2.24, 2.45) is 5.92 Å². The molecule has 1 aromatic heterocycles. The zero-order valence-corrected chi connectivity index (χ0v) is 14.7. The molecule has 124 valence electrons. The largest absolute Gasteiger partial charge is 0.337 e. The number of benzene rings is 1. The number of likely N-dealkylation sites (tertiary alicyclic amines) is 1. The Morgan fingerprint density at radius 2 is 2.04 bits per heavy atom. The van der Waals surface area contributed by atoms with E-state index in [4.69, 9.17) is 0 Å². The van der Waals surface area contributed by atoms with Gasteiger partial charge in [-0.2, -0.15) is 0 Å². The van der Waals surface area contributed by atoms with Crippen molar-refractivity contribution in [1.82, 2.24) is 19.4 Å². The van der Waals surface area contributed by atoms with Crippen LogP contribution in [0.3, 0.4) is 0 Å². The van der Waals surface area contributed by atoms with Gasteiger partial charge < -0.3 is 14.4 Å². The van der Waals surface area contributed by atoms with E-state index >= 15 is 0 Å². The highest BCUT2D eigenvalue weighted by atomic mass is 16.2. The van der Waals surface area contributed by atoms with E-state index in [1.54, 1.807) is 0 Å². The molecule has 0 bridgehead atoms. The Morgan fingerprint density at radius 3 is 2.65 bits per heavy atom. The minimum Gasteiger partial charge on any atom is -0.337 e. The van der Waals surface area contributed by atoms with Gasteiger partial charge in [-0.15, -0.1) is 0 Å². The molecule has 1 aliphatic heterocycles. The molecule has 1 fully saturated rings. The smallest absolute Gasteiger partial charge is 0.253 e. The van der Waals surface area contributed by atoms with Crippen molar-refractivity contribution < 1.29 is 4.79 Å².